The van der Waals surface area contributed by atoms with Gasteiger partial charge in [-0.2, -0.15) is 0 Å². The normalized spacial score (nSPS) is 10.6. The molecule has 1 aromatic rings. The van der Waals surface area contributed by atoms with Crippen molar-refractivity contribution in [3.8, 4) is 0 Å². The molecule has 0 atom stereocenters. The molecule has 0 aliphatic rings. The molecule has 0 fully saturated rings. The fourth-order valence-corrected chi connectivity index (χ4v) is 0.895. The fraction of sp³-hybridized carbons (Fsp3) is 0. The van der Waals surface area contributed by atoms with Crippen molar-refractivity contribution in [2.45, 2.75) is 0 Å². The van der Waals surface area contributed by atoms with E-state index in [4.69, 9.17) is 5.73 Å². The average molecular weight is 223 g/mol. The number of nitro groups is 1. The van der Waals surface area contributed by atoms with Crippen LogP contribution < -0.4 is 16.6 Å². The Bertz CT molecular complexity index is 417. The Morgan fingerprint density at radius 3 is 2.50 bits per heavy atom. The van der Waals surface area contributed by atoms with E-state index in [-0.39, 0.29) is 0 Å². The van der Waals surface area contributed by atoms with Gasteiger partial charge in [0.15, 0.2) is 5.03 Å². The van der Waals surface area contributed by atoms with E-state index in [0.29, 0.717) is 5.56 Å². The maximum Gasteiger partial charge on any atom is 0.284 e. The number of hydrazine groups is 1. The number of nitrogens with zero attached hydrogens (tertiary/aromatic N) is 2. The van der Waals surface area contributed by atoms with Crippen LogP contribution in [0.1, 0.15) is 10.4 Å². The van der Waals surface area contributed by atoms with Crippen LogP contribution in [0.5, 0.6) is 0 Å². The van der Waals surface area contributed by atoms with Crippen LogP contribution in [0.15, 0.2) is 35.4 Å². The predicted molar refractivity (Wildman–Crippen MR) is 55.7 cm³/mol. The maximum atomic E-state index is 11.4. The van der Waals surface area contributed by atoms with Crippen molar-refractivity contribution >= 4 is 11.9 Å². The molecule has 4 N–H and O–H groups in total. The van der Waals surface area contributed by atoms with Crippen LogP contribution in [-0.2, 0) is 0 Å². The van der Waals surface area contributed by atoms with Gasteiger partial charge < -0.3 is 5.73 Å². The summed E-state index contributed by atoms with van der Waals surface area (Å²) in [5, 5.41) is 11.7. The monoisotopic (exact) mass is 223 g/mol. The third-order valence-corrected chi connectivity index (χ3v) is 1.53. The average Bonchev–Trinajstić information content (AvgIpc) is 2.26. The number of carbonyl (C=O) groups excluding carboxylic acids is 1. The number of hydrazone groups is 1. The Morgan fingerprint density at radius 2 is 1.94 bits per heavy atom. The lowest BCUT2D eigenvalue weighted by Crippen LogP contribution is -2.45. The van der Waals surface area contributed by atoms with Crippen LogP contribution in [0.4, 0.5) is 0 Å². The zero-order chi connectivity index (χ0) is 12.0. The Kier molecular flexibility index (Phi) is 3.78. The zero-order valence-electron chi connectivity index (χ0n) is 8.08. The summed E-state index contributed by atoms with van der Waals surface area (Å²) in [5.41, 5.74) is 9.73. The summed E-state index contributed by atoms with van der Waals surface area (Å²) in [6.45, 7) is 0. The summed E-state index contributed by atoms with van der Waals surface area (Å²) in [6, 6.07) is 8.29. The summed E-state index contributed by atoms with van der Waals surface area (Å²) in [5.74, 6) is -0.976. The highest BCUT2D eigenvalue weighted by Gasteiger charge is 2.04. The minimum Gasteiger partial charge on any atom is -0.363 e. The largest absolute Gasteiger partial charge is 0.363 e. The number of guanidine groups is 1. The number of hydrogen-bond donors (Lipinski definition) is 3. The lowest BCUT2D eigenvalue weighted by Gasteiger charge is -2.04. The number of nitrogens with one attached hydrogen (secondary N) is 2. The number of carbonyl (C=O) groups is 1. The second kappa shape index (κ2) is 5.29. The lowest BCUT2D eigenvalue weighted by molar-refractivity contribution is -0.485. The molecule has 16 heavy (non-hydrogen) atoms. The lowest BCUT2D eigenvalue weighted by atomic mass is 10.2. The Labute approximate surface area is 90.3 Å². The fourth-order valence-electron chi connectivity index (χ4n) is 0.895. The molecule has 8 nitrogen and oxygen atoms in total. The van der Waals surface area contributed by atoms with E-state index in [2.05, 4.69) is 16.0 Å². The number of benzene rings is 1. The molecule has 0 heterocycles. The van der Waals surface area contributed by atoms with Gasteiger partial charge in [0.05, 0.1) is 0 Å². The predicted octanol–water partition coefficient (Wildman–Crippen LogP) is -0.573. The van der Waals surface area contributed by atoms with Crippen LogP contribution in [-0.4, -0.2) is 16.9 Å². The second-order valence-electron chi connectivity index (χ2n) is 2.67. The maximum absolute atomic E-state index is 11.4. The number of hydrogen-bond acceptors (Lipinski definition) is 3. The van der Waals surface area contributed by atoms with Gasteiger partial charge in [0.2, 0.25) is 0 Å². The van der Waals surface area contributed by atoms with E-state index in [1.807, 2.05) is 0 Å². The smallest absolute Gasteiger partial charge is 0.284 e. The number of rotatable bonds is 2. The summed E-state index contributed by atoms with van der Waals surface area (Å²) >= 11 is 0. The summed E-state index contributed by atoms with van der Waals surface area (Å²) < 4.78 is 0. The van der Waals surface area contributed by atoms with E-state index in [9.17, 15) is 14.9 Å². The molecule has 0 radical (unpaired) electrons. The first kappa shape index (κ1) is 11.4. The molecule has 0 bridgehead atoms. The Balaban J connectivity index is 2.51. The third-order valence-electron chi connectivity index (χ3n) is 1.53. The number of nitrogens with two attached hydrogens (primary N) is 1. The van der Waals surface area contributed by atoms with Crippen molar-refractivity contribution < 1.29 is 9.83 Å². The first-order valence-electron chi connectivity index (χ1n) is 4.19. The molecule has 0 aliphatic heterocycles. The third kappa shape index (κ3) is 3.62. The highest BCUT2D eigenvalue weighted by Crippen LogP contribution is 1.96. The Morgan fingerprint density at radius 1 is 1.31 bits per heavy atom. The molecule has 0 aliphatic carbocycles. The molecule has 0 spiro atoms. The number of amides is 1. The minimum absolute atomic E-state index is 0.393. The molecule has 8 heteroatoms. The van der Waals surface area contributed by atoms with E-state index >= 15 is 0 Å². The Hall–Kier alpha value is -2.64. The quantitative estimate of drug-likeness (QED) is 0.268. The van der Waals surface area contributed by atoms with Crippen molar-refractivity contribution in [2.75, 3.05) is 0 Å². The van der Waals surface area contributed by atoms with E-state index in [1.54, 1.807) is 30.3 Å². The highest BCUT2D eigenvalue weighted by atomic mass is 16.7. The summed E-state index contributed by atoms with van der Waals surface area (Å²) in [7, 11) is 0. The SMILES string of the molecule is NC(=N[N+](=O)[O-])NNC(=O)c1ccccc1. The van der Waals surface area contributed by atoms with Crippen molar-refractivity contribution in [3.05, 3.63) is 46.0 Å². The van der Waals surface area contributed by atoms with Gasteiger partial charge in [0.25, 0.3) is 11.9 Å². The van der Waals surface area contributed by atoms with Gasteiger partial charge >= 0.3 is 0 Å². The van der Waals surface area contributed by atoms with Crippen LogP contribution in [0.3, 0.4) is 0 Å². The van der Waals surface area contributed by atoms with E-state index in [0.717, 1.165) is 0 Å². The second-order valence-corrected chi connectivity index (χ2v) is 2.67. The van der Waals surface area contributed by atoms with Gasteiger partial charge in [-0.05, 0) is 12.1 Å². The van der Waals surface area contributed by atoms with Gasteiger partial charge in [-0.25, -0.2) is 10.1 Å². The zero-order valence-corrected chi connectivity index (χ0v) is 8.08. The van der Waals surface area contributed by atoms with Crippen LogP contribution in [0.2, 0.25) is 0 Å². The van der Waals surface area contributed by atoms with E-state index < -0.39 is 16.9 Å². The van der Waals surface area contributed by atoms with Gasteiger partial charge in [0, 0.05) is 5.56 Å². The van der Waals surface area contributed by atoms with Crippen molar-refractivity contribution in [2.24, 2.45) is 10.8 Å². The summed E-state index contributed by atoms with van der Waals surface area (Å²) in [4.78, 5) is 21.3. The first-order chi connectivity index (χ1) is 7.59. The van der Waals surface area contributed by atoms with Crippen LogP contribution in [0.25, 0.3) is 0 Å². The van der Waals surface area contributed by atoms with Gasteiger partial charge in [0.1, 0.15) is 5.10 Å². The molecule has 1 amide bonds. The molecule has 1 aromatic carbocycles. The minimum atomic E-state index is -0.975. The molecule has 0 unspecified atom stereocenters. The standard InChI is InChI=1S/C8H9N5O3/c9-8(12-13(15)16)11-10-7(14)6-4-2-1-3-5-6/h1-5H,(H,10,14)(H3,9,11,12). The van der Waals surface area contributed by atoms with Crippen molar-refractivity contribution in [1.82, 2.24) is 10.9 Å². The van der Waals surface area contributed by atoms with Crippen molar-refractivity contribution in [3.63, 3.8) is 0 Å². The topological polar surface area (TPSA) is 123 Å². The highest BCUT2D eigenvalue weighted by molar-refractivity contribution is 5.95. The molecule has 0 aromatic heterocycles. The van der Waals surface area contributed by atoms with Crippen LogP contribution in [0, 0.1) is 10.1 Å². The van der Waals surface area contributed by atoms with Crippen LogP contribution >= 0.6 is 0 Å². The molecule has 1 rings (SSSR count). The molecule has 84 valence electrons. The molecule has 0 saturated carbocycles. The van der Waals surface area contributed by atoms with Crippen molar-refractivity contribution in [1.29, 1.82) is 0 Å². The van der Waals surface area contributed by atoms with Gasteiger partial charge in [-0.15, -0.1) is 0 Å². The van der Waals surface area contributed by atoms with E-state index in [1.165, 1.54) is 0 Å². The first-order valence-corrected chi connectivity index (χ1v) is 4.19. The molecular formula is C8H9N5O3. The summed E-state index contributed by atoms with van der Waals surface area (Å²) in [6.07, 6.45) is 0. The molecule has 0 saturated heterocycles. The van der Waals surface area contributed by atoms with Gasteiger partial charge in [-0.1, -0.05) is 18.2 Å². The van der Waals surface area contributed by atoms with Gasteiger partial charge in [-0.3, -0.25) is 15.6 Å². The molecular weight excluding hydrogens is 214 g/mol.